The van der Waals surface area contributed by atoms with Crippen molar-refractivity contribution in [2.75, 3.05) is 7.11 Å². The highest BCUT2D eigenvalue weighted by Gasteiger charge is 2.16. The van der Waals surface area contributed by atoms with Crippen LogP contribution in [0, 0.1) is 11.7 Å². The van der Waals surface area contributed by atoms with Crippen LogP contribution in [0.3, 0.4) is 0 Å². The molecule has 2 atom stereocenters. The summed E-state index contributed by atoms with van der Waals surface area (Å²) in [4.78, 5) is 11.7. The fraction of sp³-hybridized carbons (Fsp3) is 0.500. The third-order valence-corrected chi connectivity index (χ3v) is 3.08. The molecule has 1 rings (SSSR count). The van der Waals surface area contributed by atoms with Crippen LogP contribution < -0.4 is 11.1 Å². The van der Waals surface area contributed by atoms with Gasteiger partial charge in [0.25, 0.3) is 0 Å². The van der Waals surface area contributed by atoms with Gasteiger partial charge in [0.15, 0.2) is 0 Å². The molecular formula is C14H22ClFN2O2. The van der Waals surface area contributed by atoms with E-state index in [1.807, 2.05) is 0 Å². The SMILES string of the molecule is COCc1cc(CNC(=O)C(C)C(C)N)ccc1F.Cl. The number of ether oxygens (including phenoxy) is 1. The van der Waals surface area contributed by atoms with Gasteiger partial charge in [-0.2, -0.15) is 0 Å². The first-order valence-corrected chi connectivity index (χ1v) is 6.25. The first-order valence-electron chi connectivity index (χ1n) is 6.25. The minimum Gasteiger partial charge on any atom is -0.380 e. The number of methoxy groups -OCH3 is 1. The molecule has 1 aromatic rings. The monoisotopic (exact) mass is 304 g/mol. The van der Waals surface area contributed by atoms with Crippen molar-refractivity contribution < 1.29 is 13.9 Å². The molecule has 0 saturated carbocycles. The van der Waals surface area contributed by atoms with Gasteiger partial charge in [-0.3, -0.25) is 4.79 Å². The minimum atomic E-state index is -0.305. The van der Waals surface area contributed by atoms with E-state index >= 15 is 0 Å². The van der Waals surface area contributed by atoms with Crippen molar-refractivity contribution in [1.82, 2.24) is 5.32 Å². The molecule has 0 bridgehead atoms. The third-order valence-electron chi connectivity index (χ3n) is 3.08. The van der Waals surface area contributed by atoms with E-state index in [1.165, 1.54) is 13.2 Å². The number of hydrogen-bond donors (Lipinski definition) is 2. The van der Waals surface area contributed by atoms with Crippen molar-refractivity contribution in [2.24, 2.45) is 11.7 Å². The molecular weight excluding hydrogens is 283 g/mol. The summed E-state index contributed by atoms with van der Waals surface area (Å²) in [6, 6.07) is 4.52. The van der Waals surface area contributed by atoms with Gasteiger partial charge >= 0.3 is 0 Å². The van der Waals surface area contributed by atoms with E-state index in [9.17, 15) is 9.18 Å². The summed E-state index contributed by atoms with van der Waals surface area (Å²) in [5.41, 5.74) is 6.98. The zero-order chi connectivity index (χ0) is 14.4. The molecule has 6 heteroatoms. The van der Waals surface area contributed by atoms with Gasteiger partial charge in [-0.1, -0.05) is 13.0 Å². The van der Waals surface area contributed by atoms with Gasteiger partial charge in [-0.05, 0) is 24.6 Å². The Hall–Kier alpha value is -1.17. The van der Waals surface area contributed by atoms with Gasteiger partial charge in [-0.25, -0.2) is 4.39 Å². The second-order valence-corrected chi connectivity index (χ2v) is 4.72. The summed E-state index contributed by atoms with van der Waals surface area (Å²) in [5, 5.41) is 2.79. The molecule has 3 N–H and O–H groups in total. The van der Waals surface area contributed by atoms with Gasteiger partial charge in [0.1, 0.15) is 5.82 Å². The molecule has 0 spiro atoms. The summed E-state index contributed by atoms with van der Waals surface area (Å²) in [6.07, 6.45) is 0. The highest BCUT2D eigenvalue weighted by molar-refractivity contribution is 5.85. The first kappa shape index (κ1) is 18.8. The molecule has 0 aliphatic carbocycles. The molecule has 20 heavy (non-hydrogen) atoms. The lowest BCUT2D eigenvalue weighted by Crippen LogP contribution is -2.38. The number of nitrogens with one attached hydrogen (secondary N) is 1. The smallest absolute Gasteiger partial charge is 0.224 e. The van der Waals surface area contributed by atoms with Crippen LogP contribution in [-0.4, -0.2) is 19.1 Å². The van der Waals surface area contributed by atoms with Crippen LogP contribution in [0.2, 0.25) is 0 Å². The van der Waals surface area contributed by atoms with Crippen LogP contribution in [0.15, 0.2) is 18.2 Å². The van der Waals surface area contributed by atoms with Crippen molar-refractivity contribution in [3.05, 3.63) is 35.1 Å². The van der Waals surface area contributed by atoms with E-state index in [1.54, 1.807) is 26.0 Å². The fourth-order valence-electron chi connectivity index (χ4n) is 1.59. The summed E-state index contributed by atoms with van der Waals surface area (Å²) in [6.45, 7) is 4.14. The average Bonchev–Trinajstić information content (AvgIpc) is 2.38. The highest BCUT2D eigenvalue weighted by Crippen LogP contribution is 2.12. The quantitative estimate of drug-likeness (QED) is 0.845. The molecule has 114 valence electrons. The number of hydrogen-bond acceptors (Lipinski definition) is 3. The maximum absolute atomic E-state index is 13.4. The predicted octanol–water partition coefficient (Wildman–Crippen LogP) is 1.99. The summed E-state index contributed by atoms with van der Waals surface area (Å²) in [7, 11) is 1.51. The number of carbonyl (C=O) groups excluding carboxylic acids is 1. The molecule has 4 nitrogen and oxygen atoms in total. The number of nitrogens with two attached hydrogens (primary N) is 1. The van der Waals surface area contributed by atoms with Gasteiger partial charge < -0.3 is 15.8 Å². The third kappa shape index (κ3) is 5.45. The molecule has 0 aliphatic heterocycles. The molecule has 0 radical (unpaired) electrons. The summed E-state index contributed by atoms with van der Waals surface area (Å²) in [5.74, 6) is -0.660. The average molecular weight is 305 g/mol. The minimum absolute atomic E-state index is 0. The van der Waals surface area contributed by atoms with E-state index in [0.29, 0.717) is 12.1 Å². The van der Waals surface area contributed by atoms with Crippen LogP contribution in [0.1, 0.15) is 25.0 Å². The molecule has 0 aromatic heterocycles. The Morgan fingerprint density at radius 3 is 2.65 bits per heavy atom. The molecule has 0 heterocycles. The molecule has 2 unspecified atom stereocenters. The van der Waals surface area contributed by atoms with Crippen molar-refractivity contribution >= 4 is 18.3 Å². The van der Waals surface area contributed by atoms with E-state index in [0.717, 1.165) is 5.56 Å². The van der Waals surface area contributed by atoms with E-state index in [4.69, 9.17) is 10.5 Å². The molecule has 0 saturated heterocycles. The molecule has 1 aromatic carbocycles. The van der Waals surface area contributed by atoms with Crippen LogP contribution in [-0.2, 0) is 22.7 Å². The number of benzene rings is 1. The molecule has 0 fully saturated rings. The lowest BCUT2D eigenvalue weighted by Gasteiger charge is -2.15. The van der Waals surface area contributed by atoms with Gasteiger partial charge in [0.2, 0.25) is 5.91 Å². The lowest BCUT2D eigenvalue weighted by molar-refractivity contribution is -0.125. The van der Waals surface area contributed by atoms with Gasteiger partial charge in [0.05, 0.1) is 6.61 Å². The largest absolute Gasteiger partial charge is 0.380 e. The van der Waals surface area contributed by atoms with Crippen LogP contribution >= 0.6 is 12.4 Å². The lowest BCUT2D eigenvalue weighted by atomic mass is 10.0. The Kier molecular flexibility index (Phi) is 8.37. The Morgan fingerprint density at radius 2 is 2.10 bits per heavy atom. The topological polar surface area (TPSA) is 64.3 Å². The van der Waals surface area contributed by atoms with Gasteiger partial charge in [0, 0.05) is 31.2 Å². The maximum atomic E-state index is 13.4. The zero-order valence-corrected chi connectivity index (χ0v) is 12.8. The summed E-state index contributed by atoms with van der Waals surface area (Å²) < 4.78 is 18.3. The number of rotatable bonds is 6. The van der Waals surface area contributed by atoms with Crippen molar-refractivity contribution in [2.45, 2.75) is 33.0 Å². The van der Waals surface area contributed by atoms with E-state index in [2.05, 4.69) is 5.32 Å². The normalized spacial score (nSPS) is 13.2. The van der Waals surface area contributed by atoms with Crippen LogP contribution in [0.25, 0.3) is 0 Å². The molecule has 0 aliphatic rings. The van der Waals surface area contributed by atoms with E-state index in [-0.39, 0.29) is 42.7 Å². The van der Waals surface area contributed by atoms with Crippen molar-refractivity contribution in [3.63, 3.8) is 0 Å². The Balaban J connectivity index is 0.00000361. The maximum Gasteiger partial charge on any atom is 0.224 e. The van der Waals surface area contributed by atoms with Crippen LogP contribution in [0.5, 0.6) is 0 Å². The first-order chi connectivity index (χ1) is 8.95. The number of carbonyl (C=O) groups is 1. The van der Waals surface area contributed by atoms with Crippen molar-refractivity contribution in [3.8, 4) is 0 Å². The Morgan fingerprint density at radius 1 is 1.45 bits per heavy atom. The van der Waals surface area contributed by atoms with Crippen LogP contribution in [0.4, 0.5) is 4.39 Å². The highest BCUT2D eigenvalue weighted by atomic mass is 35.5. The summed E-state index contributed by atoms with van der Waals surface area (Å²) >= 11 is 0. The standard InChI is InChI=1S/C14H21FN2O2.ClH/c1-9(10(2)16)14(18)17-7-11-4-5-13(15)12(6-11)8-19-3;/h4-6,9-10H,7-8,16H2,1-3H3,(H,17,18);1H. The Labute approximate surface area is 125 Å². The second kappa shape index (κ2) is 8.89. The van der Waals surface area contributed by atoms with E-state index < -0.39 is 0 Å². The number of amides is 1. The van der Waals surface area contributed by atoms with Crippen molar-refractivity contribution in [1.29, 1.82) is 0 Å². The fourth-order valence-corrected chi connectivity index (χ4v) is 1.59. The Bertz CT molecular complexity index is 441. The zero-order valence-electron chi connectivity index (χ0n) is 12.0. The van der Waals surface area contributed by atoms with Gasteiger partial charge in [-0.15, -0.1) is 12.4 Å². The molecule has 1 amide bonds. The predicted molar refractivity (Wildman–Crippen MR) is 79.0 cm³/mol. The number of halogens is 2. The second-order valence-electron chi connectivity index (χ2n) is 4.72.